The van der Waals surface area contributed by atoms with Crippen molar-refractivity contribution in [1.82, 2.24) is 4.90 Å². The molecule has 0 spiro atoms. The summed E-state index contributed by atoms with van der Waals surface area (Å²) in [5.41, 5.74) is 11.1. The van der Waals surface area contributed by atoms with E-state index in [0.29, 0.717) is 11.4 Å². The first-order valence-corrected chi connectivity index (χ1v) is 7.67. The van der Waals surface area contributed by atoms with Crippen molar-refractivity contribution in [3.05, 3.63) is 24.3 Å². The molecule has 0 aliphatic carbocycles. The molecule has 0 bridgehead atoms. The lowest BCUT2D eigenvalue weighted by Gasteiger charge is -2.35. The van der Waals surface area contributed by atoms with Crippen LogP contribution in [0.4, 0.5) is 5.69 Å². The number of anilines is 1. The molecule has 8 heteroatoms. The van der Waals surface area contributed by atoms with Crippen LogP contribution in [-0.4, -0.2) is 54.4 Å². The van der Waals surface area contributed by atoms with Gasteiger partial charge in [0.25, 0.3) is 5.91 Å². The number of carbonyl (C=O) groups excluding carboxylic acids is 3. The number of ether oxygens (including phenoxy) is 1. The second-order valence-electron chi connectivity index (χ2n) is 5.95. The summed E-state index contributed by atoms with van der Waals surface area (Å²) in [4.78, 5) is 38.6. The smallest absolute Gasteiger partial charge is 0.260 e. The molecule has 0 aromatic heterocycles. The Morgan fingerprint density at radius 1 is 1.25 bits per heavy atom. The zero-order chi connectivity index (χ0) is 17.9. The molecule has 1 aromatic carbocycles. The van der Waals surface area contributed by atoms with E-state index in [9.17, 15) is 14.4 Å². The third kappa shape index (κ3) is 4.02. The van der Waals surface area contributed by atoms with Crippen LogP contribution in [-0.2, 0) is 14.4 Å². The van der Waals surface area contributed by atoms with Gasteiger partial charge in [0.1, 0.15) is 5.75 Å². The van der Waals surface area contributed by atoms with Gasteiger partial charge in [-0.05, 0) is 26.0 Å². The van der Waals surface area contributed by atoms with Gasteiger partial charge in [0.05, 0.1) is 25.3 Å². The fourth-order valence-corrected chi connectivity index (χ4v) is 2.50. The number of nitrogens with two attached hydrogens (primary N) is 2. The quantitative estimate of drug-likeness (QED) is 0.724. The number of fused-ring (bicyclic) bond motifs is 1. The molecular weight excluding hydrogens is 312 g/mol. The van der Waals surface area contributed by atoms with Crippen molar-refractivity contribution in [3.63, 3.8) is 0 Å². The highest BCUT2D eigenvalue weighted by atomic mass is 16.5. The van der Waals surface area contributed by atoms with Gasteiger partial charge >= 0.3 is 0 Å². The predicted octanol–water partition coefficient (Wildman–Crippen LogP) is -0.538. The molecule has 1 aromatic rings. The van der Waals surface area contributed by atoms with Gasteiger partial charge in [0.2, 0.25) is 11.8 Å². The minimum absolute atomic E-state index is 0.000420. The van der Waals surface area contributed by atoms with E-state index in [2.05, 4.69) is 0 Å². The number of benzene rings is 1. The van der Waals surface area contributed by atoms with E-state index in [-0.39, 0.29) is 31.6 Å². The van der Waals surface area contributed by atoms with Crippen molar-refractivity contribution in [2.24, 2.45) is 11.5 Å². The molecule has 130 valence electrons. The predicted molar refractivity (Wildman–Crippen MR) is 88.3 cm³/mol. The maximum absolute atomic E-state index is 12.7. The summed E-state index contributed by atoms with van der Waals surface area (Å²) in [5.74, 6) is -0.979. The Morgan fingerprint density at radius 2 is 1.92 bits per heavy atom. The highest BCUT2D eigenvalue weighted by Gasteiger charge is 2.33. The summed E-state index contributed by atoms with van der Waals surface area (Å²) in [6, 6.07) is 6.89. The molecule has 8 nitrogen and oxygen atoms in total. The number of amides is 3. The zero-order valence-corrected chi connectivity index (χ0v) is 13.8. The molecule has 2 rings (SSSR count). The lowest BCUT2D eigenvalue weighted by molar-refractivity contribution is -0.125. The van der Waals surface area contributed by atoms with Crippen LogP contribution in [0, 0.1) is 0 Å². The molecule has 0 saturated carbocycles. The maximum atomic E-state index is 12.7. The summed E-state index contributed by atoms with van der Waals surface area (Å²) in [6.07, 6.45) is -0.910. The molecule has 1 aliphatic rings. The SMILES string of the molecule is CC(C)N(CC(N)=O)CC(=O)N1C[C@@H](C(N)=O)Oc2ccccc21. The van der Waals surface area contributed by atoms with Crippen molar-refractivity contribution in [3.8, 4) is 5.75 Å². The van der Waals surface area contributed by atoms with E-state index in [0.717, 1.165) is 0 Å². The van der Waals surface area contributed by atoms with Crippen LogP contribution in [0.2, 0.25) is 0 Å². The Morgan fingerprint density at radius 3 is 2.50 bits per heavy atom. The molecule has 0 radical (unpaired) electrons. The molecule has 1 atom stereocenters. The second-order valence-corrected chi connectivity index (χ2v) is 5.95. The average molecular weight is 334 g/mol. The molecule has 0 saturated heterocycles. The number of primary amides is 2. The Hall–Kier alpha value is -2.61. The van der Waals surface area contributed by atoms with E-state index in [1.54, 1.807) is 29.2 Å². The first kappa shape index (κ1) is 17.7. The van der Waals surface area contributed by atoms with Crippen LogP contribution < -0.4 is 21.1 Å². The Labute approximate surface area is 140 Å². The van der Waals surface area contributed by atoms with Gasteiger partial charge < -0.3 is 21.1 Å². The van der Waals surface area contributed by atoms with Crippen LogP contribution in [0.15, 0.2) is 24.3 Å². The standard InChI is InChI=1S/C16H22N4O4/c1-10(2)19(8-14(17)21)9-15(22)20-7-13(16(18)23)24-12-6-4-3-5-11(12)20/h3-6,10,13H,7-9H2,1-2H3,(H2,17,21)(H2,18,23)/t13-/m0/s1. The molecule has 24 heavy (non-hydrogen) atoms. The topological polar surface area (TPSA) is 119 Å². The minimum atomic E-state index is -0.910. The fourth-order valence-electron chi connectivity index (χ4n) is 2.50. The second kappa shape index (κ2) is 7.31. The van der Waals surface area contributed by atoms with Crippen LogP contribution in [0.5, 0.6) is 5.75 Å². The van der Waals surface area contributed by atoms with Crippen molar-refractivity contribution in [1.29, 1.82) is 0 Å². The summed E-state index contributed by atoms with van der Waals surface area (Å²) < 4.78 is 5.53. The average Bonchev–Trinajstić information content (AvgIpc) is 2.52. The Balaban J connectivity index is 2.23. The van der Waals surface area contributed by atoms with Crippen molar-refractivity contribution in [2.75, 3.05) is 24.5 Å². The van der Waals surface area contributed by atoms with Crippen LogP contribution in [0.25, 0.3) is 0 Å². The number of carbonyl (C=O) groups is 3. The zero-order valence-electron chi connectivity index (χ0n) is 13.8. The monoisotopic (exact) mass is 334 g/mol. The van der Waals surface area contributed by atoms with E-state index in [4.69, 9.17) is 16.2 Å². The number of para-hydroxylation sites is 2. The third-order valence-corrected chi connectivity index (χ3v) is 3.82. The van der Waals surface area contributed by atoms with Gasteiger partial charge in [-0.2, -0.15) is 0 Å². The molecule has 1 aliphatic heterocycles. The number of hydrogen-bond donors (Lipinski definition) is 2. The molecule has 1 heterocycles. The summed E-state index contributed by atoms with van der Waals surface area (Å²) >= 11 is 0. The van der Waals surface area contributed by atoms with Gasteiger partial charge in [0.15, 0.2) is 6.10 Å². The number of nitrogens with zero attached hydrogens (tertiary/aromatic N) is 2. The van der Waals surface area contributed by atoms with E-state index >= 15 is 0 Å². The normalized spacial score (nSPS) is 16.7. The number of hydrogen-bond acceptors (Lipinski definition) is 5. The van der Waals surface area contributed by atoms with Gasteiger partial charge in [-0.3, -0.25) is 19.3 Å². The largest absolute Gasteiger partial charge is 0.477 e. The van der Waals surface area contributed by atoms with Crippen LogP contribution in [0.3, 0.4) is 0 Å². The number of rotatable bonds is 6. The van der Waals surface area contributed by atoms with Gasteiger partial charge in [0, 0.05) is 6.04 Å². The summed E-state index contributed by atoms with van der Waals surface area (Å²) in [6.45, 7) is 3.76. The van der Waals surface area contributed by atoms with E-state index < -0.39 is 17.9 Å². The maximum Gasteiger partial charge on any atom is 0.260 e. The van der Waals surface area contributed by atoms with Crippen molar-refractivity contribution in [2.45, 2.75) is 26.0 Å². The molecule has 0 fully saturated rings. The Kier molecular flexibility index (Phi) is 5.40. The van der Waals surface area contributed by atoms with Crippen LogP contribution >= 0.6 is 0 Å². The van der Waals surface area contributed by atoms with Gasteiger partial charge in [-0.25, -0.2) is 0 Å². The van der Waals surface area contributed by atoms with E-state index in [1.165, 1.54) is 4.90 Å². The van der Waals surface area contributed by atoms with E-state index in [1.807, 2.05) is 13.8 Å². The fraction of sp³-hybridized carbons (Fsp3) is 0.438. The van der Waals surface area contributed by atoms with Crippen LogP contribution in [0.1, 0.15) is 13.8 Å². The highest BCUT2D eigenvalue weighted by molar-refractivity contribution is 5.98. The Bertz CT molecular complexity index is 647. The first-order chi connectivity index (χ1) is 11.3. The summed E-state index contributed by atoms with van der Waals surface area (Å²) in [5, 5.41) is 0. The van der Waals surface area contributed by atoms with Crippen molar-refractivity contribution < 1.29 is 19.1 Å². The molecule has 3 amide bonds. The summed E-state index contributed by atoms with van der Waals surface area (Å²) in [7, 11) is 0. The lowest BCUT2D eigenvalue weighted by atomic mass is 10.1. The van der Waals surface area contributed by atoms with Gasteiger partial charge in [-0.1, -0.05) is 12.1 Å². The molecule has 0 unspecified atom stereocenters. The highest BCUT2D eigenvalue weighted by Crippen LogP contribution is 2.33. The lowest BCUT2D eigenvalue weighted by Crippen LogP contribution is -2.52. The first-order valence-electron chi connectivity index (χ1n) is 7.67. The molecular formula is C16H22N4O4. The molecule has 4 N–H and O–H groups in total. The minimum Gasteiger partial charge on any atom is -0.477 e. The van der Waals surface area contributed by atoms with Crippen molar-refractivity contribution >= 4 is 23.4 Å². The third-order valence-electron chi connectivity index (χ3n) is 3.82. The van der Waals surface area contributed by atoms with Gasteiger partial charge in [-0.15, -0.1) is 0 Å².